The molecule has 29 heavy (non-hydrogen) atoms. The van der Waals surface area contributed by atoms with Gasteiger partial charge in [0.2, 0.25) is 0 Å². The summed E-state index contributed by atoms with van der Waals surface area (Å²) in [6.07, 6.45) is -4.71. The van der Waals surface area contributed by atoms with Crippen LogP contribution in [-0.4, -0.2) is 53.0 Å². The standard InChI is InChI=1S/C16H16F3N5O4S/c1-9-7-23(8-10(2)28-9)15-12(5-20)14(16(17,18)19)22-24(15)13-4-3-11(6-21-13)29(25,26)27/h3-4,6,9-10H,7-8H2,1-2H3,(H,25,26,27). The first-order chi connectivity index (χ1) is 13.4. The third-order valence-electron chi connectivity index (χ3n) is 4.20. The molecule has 0 spiro atoms. The highest BCUT2D eigenvalue weighted by Crippen LogP contribution is 2.37. The number of alkyl halides is 3. The molecule has 0 saturated carbocycles. The van der Waals surface area contributed by atoms with E-state index >= 15 is 0 Å². The lowest BCUT2D eigenvalue weighted by molar-refractivity contribution is -0.141. The molecule has 0 bridgehead atoms. The predicted molar refractivity (Wildman–Crippen MR) is 93.1 cm³/mol. The number of halogens is 3. The van der Waals surface area contributed by atoms with E-state index in [-0.39, 0.29) is 36.9 Å². The first-order valence-electron chi connectivity index (χ1n) is 8.36. The fourth-order valence-electron chi connectivity index (χ4n) is 3.16. The van der Waals surface area contributed by atoms with Gasteiger partial charge in [0.1, 0.15) is 16.5 Å². The van der Waals surface area contributed by atoms with Crippen molar-refractivity contribution in [1.82, 2.24) is 14.8 Å². The van der Waals surface area contributed by atoms with Crippen LogP contribution in [0.4, 0.5) is 19.0 Å². The lowest BCUT2D eigenvalue weighted by Crippen LogP contribution is -2.46. The zero-order valence-electron chi connectivity index (χ0n) is 15.3. The highest BCUT2D eigenvalue weighted by molar-refractivity contribution is 7.85. The molecular weight excluding hydrogens is 415 g/mol. The minimum atomic E-state index is -4.89. The van der Waals surface area contributed by atoms with E-state index in [2.05, 4.69) is 10.1 Å². The third kappa shape index (κ3) is 4.19. The van der Waals surface area contributed by atoms with Crippen LogP contribution in [0.3, 0.4) is 0 Å². The predicted octanol–water partition coefficient (Wildman–Crippen LogP) is 2.02. The largest absolute Gasteiger partial charge is 0.436 e. The maximum absolute atomic E-state index is 13.5. The van der Waals surface area contributed by atoms with Crippen LogP contribution in [0.15, 0.2) is 23.2 Å². The molecule has 156 valence electrons. The van der Waals surface area contributed by atoms with E-state index in [0.29, 0.717) is 0 Å². The maximum atomic E-state index is 13.5. The van der Waals surface area contributed by atoms with Gasteiger partial charge in [0, 0.05) is 13.1 Å². The van der Waals surface area contributed by atoms with E-state index < -0.39 is 32.4 Å². The van der Waals surface area contributed by atoms with Gasteiger partial charge in [-0.05, 0) is 26.0 Å². The Morgan fingerprint density at radius 3 is 2.34 bits per heavy atom. The lowest BCUT2D eigenvalue weighted by Gasteiger charge is -2.36. The van der Waals surface area contributed by atoms with Gasteiger partial charge in [-0.2, -0.15) is 36.6 Å². The van der Waals surface area contributed by atoms with Crippen molar-refractivity contribution in [3.63, 3.8) is 0 Å². The summed E-state index contributed by atoms with van der Waals surface area (Å²) in [7, 11) is -4.53. The van der Waals surface area contributed by atoms with Gasteiger partial charge >= 0.3 is 6.18 Å². The molecule has 3 rings (SSSR count). The molecule has 0 radical (unpaired) electrons. The van der Waals surface area contributed by atoms with Crippen molar-refractivity contribution in [2.45, 2.75) is 37.1 Å². The molecule has 3 heterocycles. The molecule has 2 atom stereocenters. The second-order valence-electron chi connectivity index (χ2n) is 6.56. The molecule has 2 aromatic heterocycles. The maximum Gasteiger partial charge on any atom is 0.436 e. The Kier molecular flexibility index (Phi) is 5.28. The summed E-state index contributed by atoms with van der Waals surface area (Å²) < 4.78 is 78.3. The molecule has 1 saturated heterocycles. The Hall–Kier alpha value is -2.69. The zero-order chi connectivity index (χ0) is 21.6. The summed E-state index contributed by atoms with van der Waals surface area (Å²) in [5.41, 5.74) is -2.04. The van der Waals surface area contributed by atoms with Crippen LogP contribution in [0.25, 0.3) is 5.82 Å². The van der Waals surface area contributed by atoms with Crippen LogP contribution in [0.2, 0.25) is 0 Å². The fraction of sp³-hybridized carbons (Fsp3) is 0.438. The minimum absolute atomic E-state index is 0.117. The number of nitriles is 1. The summed E-state index contributed by atoms with van der Waals surface area (Å²) >= 11 is 0. The van der Waals surface area contributed by atoms with E-state index in [4.69, 9.17) is 9.29 Å². The van der Waals surface area contributed by atoms with Gasteiger partial charge in [-0.15, -0.1) is 0 Å². The first-order valence-corrected chi connectivity index (χ1v) is 9.80. The molecule has 1 aliphatic rings. The molecule has 1 aliphatic heterocycles. The summed E-state index contributed by atoms with van der Waals surface area (Å²) in [6, 6.07) is 3.64. The molecule has 1 fully saturated rings. The number of hydrogen-bond acceptors (Lipinski definition) is 7. The normalized spacial score (nSPS) is 20.5. The number of morpholine rings is 1. The number of hydrogen-bond donors (Lipinski definition) is 1. The molecule has 0 aromatic carbocycles. The number of rotatable bonds is 3. The van der Waals surface area contributed by atoms with Crippen LogP contribution in [0, 0.1) is 11.3 Å². The summed E-state index contributed by atoms with van der Waals surface area (Å²) in [5.74, 6) is -0.264. The second-order valence-corrected chi connectivity index (χ2v) is 7.98. The average molecular weight is 431 g/mol. The Morgan fingerprint density at radius 2 is 1.90 bits per heavy atom. The van der Waals surface area contributed by atoms with Crippen LogP contribution < -0.4 is 4.90 Å². The van der Waals surface area contributed by atoms with Crippen molar-refractivity contribution in [2.75, 3.05) is 18.0 Å². The van der Waals surface area contributed by atoms with E-state index in [1.54, 1.807) is 24.8 Å². The van der Waals surface area contributed by atoms with Gasteiger partial charge in [0.25, 0.3) is 10.1 Å². The number of aromatic nitrogens is 3. The van der Waals surface area contributed by atoms with Crippen LogP contribution in [-0.2, 0) is 21.0 Å². The minimum Gasteiger partial charge on any atom is -0.372 e. The highest BCUT2D eigenvalue weighted by Gasteiger charge is 2.42. The average Bonchev–Trinajstić information content (AvgIpc) is 3.00. The third-order valence-corrected chi connectivity index (χ3v) is 5.03. The lowest BCUT2D eigenvalue weighted by atomic mass is 10.2. The van der Waals surface area contributed by atoms with Gasteiger partial charge in [-0.1, -0.05) is 0 Å². The van der Waals surface area contributed by atoms with Crippen molar-refractivity contribution in [1.29, 1.82) is 5.26 Å². The number of nitrogens with zero attached hydrogens (tertiary/aromatic N) is 5. The van der Waals surface area contributed by atoms with E-state index in [9.17, 15) is 26.9 Å². The summed E-state index contributed by atoms with van der Waals surface area (Å²) in [5, 5.41) is 13.0. The van der Waals surface area contributed by atoms with Crippen molar-refractivity contribution < 1.29 is 30.9 Å². The van der Waals surface area contributed by atoms with Crippen molar-refractivity contribution >= 4 is 15.9 Å². The van der Waals surface area contributed by atoms with Gasteiger partial charge in [0.15, 0.2) is 17.3 Å². The van der Waals surface area contributed by atoms with E-state index in [1.165, 1.54) is 0 Å². The highest BCUT2D eigenvalue weighted by atomic mass is 32.2. The number of ether oxygens (including phenoxy) is 1. The Morgan fingerprint density at radius 1 is 1.28 bits per heavy atom. The summed E-state index contributed by atoms with van der Waals surface area (Å²) in [4.78, 5) is 4.83. The molecule has 2 unspecified atom stereocenters. The fourth-order valence-corrected chi connectivity index (χ4v) is 3.59. The molecule has 2 aromatic rings. The zero-order valence-corrected chi connectivity index (χ0v) is 16.1. The van der Waals surface area contributed by atoms with Crippen LogP contribution in [0.1, 0.15) is 25.1 Å². The van der Waals surface area contributed by atoms with Crippen molar-refractivity contribution in [3.05, 3.63) is 29.6 Å². The molecule has 0 aliphatic carbocycles. The van der Waals surface area contributed by atoms with Gasteiger partial charge in [-0.3, -0.25) is 4.55 Å². The van der Waals surface area contributed by atoms with Gasteiger partial charge in [-0.25, -0.2) is 4.98 Å². The number of pyridine rings is 1. The molecular formula is C16H16F3N5O4S. The second kappa shape index (κ2) is 7.29. The Bertz CT molecular complexity index is 1050. The van der Waals surface area contributed by atoms with Crippen molar-refractivity contribution in [2.24, 2.45) is 0 Å². The Balaban J connectivity index is 2.20. The van der Waals surface area contributed by atoms with Gasteiger partial charge in [0.05, 0.1) is 18.4 Å². The topological polar surface area (TPSA) is 121 Å². The summed E-state index contributed by atoms with van der Waals surface area (Å²) in [6.45, 7) is 3.93. The Labute approximate surface area is 164 Å². The van der Waals surface area contributed by atoms with Crippen molar-refractivity contribution in [3.8, 4) is 11.9 Å². The molecule has 9 nitrogen and oxygen atoms in total. The van der Waals surface area contributed by atoms with Gasteiger partial charge < -0.3 is 9.64 Å². The molecule has 13 heteroatoms. The SMILES string of the molecule is CC1CN(c2c(C#N)c(C(F)(F)F)nn2-c2ccc(S(=O)(=O)O)cn2)CC(C)O1. The van der Waals surface area contributed by atoms with Crippen LogP contribution in [0.5, 0.6) is 0 Å². The molecule has 1 N–H and O–H groups in total. The quantitative estimate of drug-likeness (QED) is 0.733. The van der Waals surface area contributed by atoms with E-state index in [1.807, 2.05) is 0 Å². The number of anilines is 1. The first kappa shape index (κ1) is 21.0. The smallest absolute Gasteiger partial charge is 0.372 e. The van der Waals surface area contributed by atoms with E-state index in [0.717, 1.165) is 23.0 Å². The molecule has 0 amide bonds. The monoisotopic (exact) mass is 431 g/mol. The van der Waals surface area contributed by atoms with Crippen LogP contribution >= 0.6 is 0 Å².